The summed E-state index contributed by atoms with van der Waals surface area (Å²) in [5.74, 6) is 3.98. The van der Waals surface area contributed by atoms with Gasteiger partial charge in [-0.15, -0.1) is 0 Å². The van der Waals surface area contributed by atoms with E-state index in [1.165, 1.54) is 11.1 Å². The molecule has 180 valence electrons. The molecule has 1 aliphatic carbocycles. The minimum absolute atomic E-state index is 0.176. The molecule has 0 fully saturated rings. The molecule has 4 aromatic rings. The van der Waals surface area contributed by atoms with Crippen LogP contribution in [0.4, 0.5) is 5.69 Å². The maximum absolute atomic E-state index is 6.12. The topological polar surface area (TPSA) is 39.7 Å². The number of methoxy groups -OCH3 is 1. The Morgan fingerprint density at radius 3 is 2.42 bits per heavy atom. The van der Waals surface area contributed by atoms with E-state index in [4.69, 9.17) is 14.2 Å². The first-order valence-corrected chi connectivity index (χ1v) is 12.4. The van der Waals surface area contributed by atoms with Crippen LogP contribution in [-0.4, -0.2) is 7.11 Å². The Labute approximate surface area is 212 Å². The van der Waals surface area contributed by atoms with Gasteiger partial charge in [-0.05, 0) is 71.5 Å². The predicted octanol–water partition coefficient (Wildman–Crippen LogP) is 7.89. The number of allylic oxidation sites excluding steroid dienone is 2. The quantitative estimate of drug-likeness (QED) is 0.276. The third-order valence-corrected chi connectivity index (χ3v) is 7.10. The summed E-state index contributed by atoms with van der Waals surface area (Å²) in [6, 6.07) is 32.9. The fourth-order valence-electron chi connectivity index (χ4n) is 5.32. The highest BCUT2D eigenvalue weighted by Gasteiger charge is 2.38. The van der Waals surface area contributed by atoms with Crippen LogP contribution >= 0.6 is 0 Å². The number of fused-ring (bicyclic) bond motifs is 3. The van der Waals surface area contributed by atoms with E-state index in [0.29, 0.717) is 18.4 Å². The zero-order chi connectivity index (χ0) is 24.3. The van der Waals surface area contributed by atoms with Gasteiger partial charge in [0.2, 0.25) is 0 Å². The molecule has 0 aromatic heterocycles. The first-order chi connectivity index (χ1) is 17.8. The van der Waals surface area contributed by atoms with E-state index in [-0.39, 0.29) is 6.04 Å². The van der Waals surface area contributed by atoms with E-state index < -0.39 is 0 Å². The SMILES string of the molecule is COc1cc([C@@H]2Nc3ccc(Oc4ccccc4)cc3[C@@H]3C=CC[C@@H]32)ccc1OCc1ccccc1. The molecular weight excluding hydrogens is 446 g/mol. The monoisotopic (exact) mass is 475 g/mol. The molecule has 3 atom stereocenters. The molecule has 1 N–H and O–H groups in total. The molecular formula is C32H29NO3. The van der Waals surface area contributed by atoms with Crippen LogP contribution in [0.1, 0.15) is 35.1 Å². The number of ether oxygens (including phenoxy) is 3. The number of para-hydroxylation sites is 1. The minimum atomic E-state index is 0.176. The fourth-order valence-corrected chi connectivity index (χ4v) is 5.32. The molecule has 0 radical (unpaired) electrons. The molecule has 1 heterocycles. The molecule has 0 bridgehead atoms. The molecule has 2 aliphatic rings. The Hall–Kier alpha value is -4.18. The van der Waals surface area contributed by atoms with Gasteiger partial charge in [-0.25, -0.2) is 0 Å². The summed E-state index contributed by atoms with van der Waals surface area (Å²) >= 11 is 0. The Kier molecular flexibility index (Phi) is 6.08. The second-order valence-electron chi connectivity index (χ2n) is 9.32. The molecule has 4 nitrogen and oxygen atoms in total. The van der Waals surface area contributed by atoms with Gasteiger partial charge in [0.1, 0.15) is 18.1 Å². The molecule has 0 unspecified atom stereocenters. The van der Waals surface area contributed by atoms with Gasteiger partial charge in [0.15, 0.2) is 11.5 Å². The van der Waals surface area contributed by atoms with Crippen molar-refractivity contribution in [3.05, 3.63) is 126 Å². The summed E-state index contributed by atoms with van der Waals surface area (Å²) in [6.07, 6.45) is 5.68. The van der Waals surface area contributed by atoms with Crippen molar-refractivity contribution in [2.24, 2.45) is 5.92 Å². The van der Waals surface area contributed by atoms with E-state index in [1.54, 1.807) is 7.11 Å². The van der Waals surface area contributed by atoms with Crippen LogP contribution in [0, 0.1) is 5.92 Å². The second-order valence-corrected chi connectivity index (χ2v) is 9.32. The van der Waals surface area contributed by atoms with Crippen molar-refractivity contribution in [1.82, 2.24) is 0 Å². The first kappa shape index (κ1) is 22.3. The lowest BCUT2D eigenvalue weighted by Crippen LogP contribution is -2.29. The first-order valence-electron chi connectivity index (χ1n) is 12.4. The van der Waals surface area contributed by atoms with E-state index in [9.17, 15) is 0 Å². The summed E-state index contributed by atoms with van der Waals surface area (Å²) in [5, 5.41) is 3.81. The average molecular weight is 476 g/mol. The zero-order valence-corrected chi connectivity index (χ0v) is 20.3. The van der Waals surface area contributed by atoms with Crippen LogP contribution in [0.15, 0.2) is 109 Å². The maximum Gasteiger partial charge on any atom is 0.161 e. The summed E-state index contributed by atoms with van der Waals surface area (Å²) in [5.41, 5.74) is 4.77. The molecule has 4 heteroatoms. The predicted molar refractivity (Wildman–Crippen MR) is 143 cm³/mol. The lowest BCUT2D eigenvalue weighted by Gasteiger charge is -2.37. The highest BCUT2D eigenvalue weighted by molar-refractivity contribution is 5.62. The smallest absolute Gasteiger partial charge is 0.161 e. The van der Waals surface area contributed by atoms with Gasteiger partial charge in [-0.1, -0.05) is 66.7 Å². The largest absolute Gasteiger partial charge is 0.493 e. The maximum atomic E-state index is 6.12. The number of hydrogen-bond donors (Lipinski definition) is 1. The van der Waals surface area contributed by atoms with Gasteiger partial charge < -0.3 is 19.5 Å². The van der Waals surface area contributed by atoms with Crippen molar-refractivity contribution in [3.8, 4) is 23.0 Å². The summed E-state index contributed by atoms with van der Waals surface area (Å²) in [4.78, 5) is 0. The van der Waals surface area contributed by atoms with E-state index in [1.807, 2.05) is 60.7 Å². The van der Waals surface area contributed by atoms with Gasteiger partial charge in [-0.3, -0.25) is 0 Å². The van der Waals surface area contributed by atoms with Crippen molar-refractivity contribution in [2.45, 2.75) is 25.0 Å². The minimum Gasteiger partial charge on any atom is -0.493 e. The van der Waals surface area contributed by atoms with Crippen molar-refractivity contribution in [1.29, 1.82) is 0 Å². The summed E-state index contributed by atoms with van der Waals surface area (Å²) in [6.45, 7) is 0.508. The van der Waals surface area contributed by atoms with E-state index in [2.05, 4.69) is 53.9 Å². The highest BCUT2D eigenvalue weighted by atomic mass is 16.5. The van der Waals surface area contributed by atoms with Crippen molar-refractivity contribution in [3.63, 3.8) is 0 Å². The molecule has 6 rings (SSSR count). The van der Waals surface area contributed by atoms with E-state index >= 15 is 0 Å². The Morgan fingerprint density at radius 2 is 1.61 bits per heavy atom. The summed E-state index contributed by atoms with van der Waals surface area (Å²) < 4.78 is 17.9. The average Bonchev–Trinajstić information content (AvgIpc) is 3.43. The van der Waals surface area contributed by atoms with Gasteiger partial charge >= 0.3 is 0 Å². The van der Waals surface area contributed by atoms with Crippen LogP contribution in [-0.2, 0) is 6.61 Å². The highest BCUT2D eigenvalue weighted by Crippen LogP contribution is 2.51. The van der Waals surface area contributed by atoms with Crippen LogP contribution in [0.25, 0.3) is 0 Å². The van der Waals surface area contributed by atoms with Crippen molar-refractivity contribution in [2.75, 3.05) is 12.4 Å². The molecule has 1 aliphatic heterocycles. The number of nitrogens with one attached hydrogen (secondary N) is 1. The number of hydrogen-bond acceptors (Lipinski definition) is 4. The third-order valence-electron chi connectivity index (χ3n) is 7.10. The third kappa shape index (κ3) is 4.42. The number of anilines is 1. The normalized spacial score (nSPS) is 19.6. The van der Waals surface area contributed by atoms with Gasteiger partial charge in [-0.2, -0.15) is 0 Å². The van der Waals surface area contributed by atoms with Crippen LogP contribution < -0.4 is 19.5 Å². The van der Waals surface area contributed by atoms with Crippen molar-refractivity contribution >= 4 is 5.69 Å². The van der Waals surface area contributed by atoms with E-state index in [0.717, 1.165) is 40.7 Å². The molecule has 0 spiro atoms. The molecule has 36 heavy (non-hydrogen) atoms. The fraction of sp³-hybridized carbons (Fsp3) is 0.188. The van der Waals surface area contributed by atoms with Crippen LogP contribution in [0.3, 0.4) is 0 Å². The van der Waals surface area contributed by atoms with Gasteiger partial charge in [0.05, 0.1) is 13.2 Å². The zero-order valence-electron chi connectivity index (χ0n) is 20.3. The lowest BCUT2D eigenvalue weighted by molar-refractivity contribution is 0.284. The second kappa shape index (κ2) is 9.82. The van der Waals surface area contributed by atoms with Crippen molar-refractivity contribution < 1.29 is 14.2 Å². The number of rotatable bonds is 7. The molecule has 4 aromatic carbocycles. The summed E-state index contributed by atoms with van der Waals surface area (Å²) in [7, 11) is 1.70. The van der Waals surface area contributed by atoms with Gasteiger partial charge in [0.25, 0.3) is 0 Å². The Balaban J connectivity index is 1.25. The molecule has 0 amide bonds. The molecule has 0 saturated carbocycles. The Bertz CT molecular complexity index is 1370. The van der Waals surface area contributed by atoms with Crippen LogP contribution in [0.5, 0.6) is 23.0 Å². The van der Waals surface area contributed by atoms with Crippen LogP contribution in [0.2, 0.25) is 0 Å². The standard InChI is InChI=1S/C32H29NO3/c1-34-31-19-23(15-18-30(31)35-21-22-9-4-2-5-10-22)32-27-14-8-13-26(27)28-20-25(16-17-29(28)33-32)36-24-11-6-3-7-12-24/h2-13,15-20,26-27,32-33H,14,21H2,1H3/t26-,27+,32+/m1/s1. The number of benzene rings is 4. The Morgan fingerprint density at radius 1 is 0.806 bits per heavy atom. The van der Waals surface area contributed by atoms with Gasteiger partial charge in [0, 0.05) is 11.6 Å². The molecule has 0 saturated heterocycles. The lowest BCUT2D eigenvalue weighted by atomic mass is 9.77.